The molecule has 2 aromatic rings. The number of amides is 2. The maximum Gasteiger partial charge on any atom is 0.220 e. The number of anilines is 1. The minimum absolute atomic E-state index is 0.0674. The molecule has 0 fully saturated rings. The molecule has 1 unspecified atom stereocenters. The molecule has 0 aliphatic heterocycles. The number of nitrogens with two attached hydrogens (primary N) is 1. The molecule has 2 aromatic carbocycles. The standard InChI is InChI=1S/C27H39N3O3/c1-20(2)17-30(19-27(4,5)29-25(31)16-11-21(3)26(28)32)23-12-14-24(15-13-23)33-18-22-9-7-6-8-10-22/h6-10,12-15,20-21H,11,16-19H2,1-5H3,(H2,28,32)(H,29,31). The number of ether oxygens (including phenoxy) is 1. The van der Waals surface area contributed by atoms with Crippen molar-refractivity contribution in [1.29, 1.82) is 0 Å². The molecule has 0 aromatic heterocycles. The predicted octanol–water partition coefficient (Wildman–Crippen LogP) is 4.52. The zero-order valence-electron chi connectivity index (χ0n) is 20.6. The topological polar surface area (TPSA) is 84.7 Å². The van der Waals surface area contributed by atoms with Crippen molar-refractivity contribution in [2.45, 2.75) is 59.6 Å². The van der Waals surface area contributed by atoms with Gasteiger partial charge in [-0.05, 0) is 56.0 Å². The maximum atomic E-state index is 12.5. The third kappa shape index (κ3) is 9.56. The van der Waals surface area contributed by atoms with Crippen LogP contribution in [0, 0.1) is 11.8 Å². The lowest BCUT2D eigenvalue weighted by molar-refractivity contribution is -0.124. The molecule has 6 heteroatoms. The Hall–Kier alpha value is -3.02. The molecular weight excluding hydrogens is 414 g/mol. The van der Waals surface area contributed by atoms with Gasteiger partial charge in [0.25, 0.3) is 0 Å². The van der Waals surface area contributed by atoms with Gasteiger partial charge in [-0.1, -0.05) is 51.1 Å². The molecule has 0 aliphatic rings. The van der Waals surface area contributed by atoms with E-state index in [0.29, 0.717) is 25.5 Å². The number of nitrogens with one attached hydrogen (secondary N) is 1. The second-order valence-electron chi connectivity index (χ2n) is 9.82. The first-order valence-corrected chi connectivity index (χ1v) is 11.7. The Bertz CT molecular complexity index is 879. The molecule has 0 heterocycles. The number of rotatable bonds is 13. The molecule has 33 heavy (non-hydrogen) atoms. The summed E-state index contributed by atoms with van der Waals surface area (Å²) in [5.41, 5.74) is 7.07. The van der Waals surface area contributed by atoms with Gasteiger partial charge in [-0.2, -0.15) is 0 Å². The summed E-state index contributed by atoms with van der Waals surface area (Å²) in [6.45, 7) is 12.2. The van der Waals surface area contributed by atoms with E-state index >= 15 is 0 Å². The minimum Gasteiger partial charge on any atom is -0.489 e. The Morgan fingerprint density at radius 1 is 1.03 bits per heavy atom. The first-order valence-electron chi connectivity index (χ1n) is 11.7. The number of benzene rings is 2. The van der Waals surface area contributed by atoms with E-state index in [4.69, 9.17) is 10.5 Å². The summed E-state index contributed by atoms with van der Waals surface area (Å²) in [6.07, 6.45) is 0.739. The molecule has 0 saturated carbocycles. The van der Waals surface area contributed by atoms with E-state index < -0.39 is 5.54 Å². The number of hydrogen-bond acceptors (Lipinski definition) is 4. The smallest absolute Gasteiger partial charge is 0.220 e. The molecule has 3 N–H and O–H groups in total. The van der Waals surface area contributed by atoms with Crippen molar-refractivity contribution in [3.8, 4) is 5.75 Å². The fourth-order valence-corrected chi connectivity index (χ4v) is 3.64. The third-order valence-corrected chi connectivity index (χ3v) is 5.39. The Morgan fingerprint density at radius 3 is 2.24 bits per heavy atom. The Morgan fingerprint density at radius 2 is 1.67 bits per heavy atom. The first-order chi connectivity index (χ1) is 15.6. The number of nitrogens with zero attached hydrogens (tertiary/aromatic N) is 1. The summed E-state index contributed by atoms with van der Waals surface area (Å²) in [5.74, 6) is 0.535. The van der Waals surface area contributed by atoms with E-state index in [-0.39, 0.29) is 24.2 Å². The molecule has 0 bridgehead atoms. The van der Waals surface area contributed by atoms with Crippen LogP contribution in [0.25, 0.3) is 0 Å². The van der Waals surface area contributed by atoms with Crippen molar-refractivity contribution >= 4 is 17.5 Å². The number of carbonyl (C=O) groups excluding carboxylic acids is 2. The second-order valence-corrected chi connectivity index (χ2v) is 9.82. The van der Waals surface area contributed by atoms with Crippen LogP contribution >= 0.6 is 0 Å². The van der Waals surface area contributed by atoms with E-state index in [1.54, 1.807) is 6.92 Å². The third-order valence-electron chi connectivity index (χ3n) is 5.39. The Balaban J connectivity index is 1.99. The van der Waals surface area contributed by atoms with E-state index in [0.717, 1.165) is 23.5 Å². The molecule has 180 valence electrons. The number of primary amides is 1. The lowest BCUT2D eigenvalue weighted by Gasteiger charge is -2.36. The Kier molecular flexibility index (Phi) is 9.76. The first kappa shape index (κ1) is 26.2. The molecule has 2 rings (SSSR count). The molecule has 0 saturated heterocycles. The highest BCUT2D eigenvalue weighted by molar-refractivity contribution is 5.79. The van der Waals surface area contributed by atoms with Gasteiger partial charge in [-0.15, -0.1) is 0 Å². The molecule has 0 aliphatic carbocycles. The van der Waals surface area contributed by atoms with Crippen LogP contribution < -0.4 is 20.7 Å². The largest absolute Gasteiger partial charge is 0.489 e. The molecule has 6 nitrogen and oxygen atoms in total. The van der Waals surface area contributed by atoms with Gasteiger partial charge < -0.3 is 20.7 Å². The van der Waals surface area contributed by atoms with E-state index in [1.165, 1.54) is 0 Å². The summed E-state index contributed by atoms with van der Waals surface area (Å²) in [4.78, 5) is 26.0. The van der Waals surface area contributed by atoms with Gasteiger partial charge in [0.2, 0.25) is 11.8 Å². The number of hydrogen-bond donors (Lipinski definition) is 2. The van der Waals surface area contributed by atoms with Crippen molar-refractivity contribution < 1.29 is 14.3 Å². The average Bonchev–Trinajstić information content (AvgIpc) is 2.75. The fraction of sp³-hybridized carbons (Fsp3) is 0.481. The van der Waals surface area contributed by atoms with Crippen LogP contribution in [0.4, 0.5) is 5.69 Å². The normalized spacial score (nSPS) is 12.3. The van der Waals surface area contributed by atoms with Crippen LogP contribution in [0.15, 0.2) is 54.6 Å². The van der Waals surface area contributed by atoms with Crippen LogP contribution in [0.1, 0.15) is 53.0 Å². The van der Waals surface area contributed by atoms with Crippen LogP contribution in [-0.2, 0) is 16.2 Å². The summed E-state index contributed by atoms with van der Waals surface area (Å²) >= 11 is 0. The lowest BCUT2D eigenvalue weighted by atomic mass is 10.0. The minimum atomic E-state index is -0.440. The van der Waals surface area contributed by atoms with E-state index in [9.17, 15) is 9.59 Å². The second kappa shape index (κ2) is 12.3. The van der Waals surface area contributed by atoms with Crippen molar-refractivity contribution in [2.75, 3.05) is 18.0 Å². The van der Waals surface area contributed by atoms with Crippen molar-refractivity contribution in [2.24, 2.45) is 17.6 Å². The van der Waals surface area contributed by atoms with Gasteiger partial charge >= 0.3 is 0 Å². The van der Waals surface area contributed by atoms with Gasteiger partial charge in [0.05, 0.1) is 5.54 Å². The van der Waals surface area contributed by atoms with Crippen LogP contribution in [0.3, 0.4) is 0 Å². The highest BCUT2D eigenvalue weighted by atomic mass is 16.5. The van der Waals surface area contributed by atoms with E-state index in [2.05, 4.69) is 36.2 Å². The summed E-state index contributed by atoms with van der Waals surface area (Å²) in [6, 6.07) is 18.2. The molecular formula is C27H39N3O3. The zero-order chi connectivity index (χ0) is 24.4. The monoisotopic (exact) mass is 453 g/mol. The maximum absolute atomic E-state index is 12.5. The van der Waals surface area contributed by atoms with Crippen LogP contribution in [-0.4, -0.2) is 30.4 Å². The molecule has 0 spiro atoms. The molecule has 2 amide bonds. The quantitative estimate of drug-likeness (QED) is 0.467. The fourth-order valence-electron chi connectivity index (χ4n) is 3.64. The Labute approximate surface area is 198 Å². The van der Waals surface area contributed by atoms with Gasteiger partial charge in [-0.3, -0.25) is 9.59 Å². The van der Waals surface area contributed by atoms with Crippen molar-refractivity contribution in [1.82, 2.24) is 5.32 Å². The summed E-state index contributed by atoms with van der Waals surface area (Å²) < 4.78 is 5.92. The van der Waals surface area contributed by atoms with Crippen LogP contribution in [0.5, 0.6) is 5.75 Å². The van der Waals surface area contributed by atoms with Crippen molar-refractivity contribution in [3.63, 3.8) is 0 Å². The summed E-state index contributed by atoms with van der Waals surface area (Å²) in [7, 11) is 0. The van der Waals surface area contributed by atoms with Crippen molar-refractivity contribution in [3.05, 3.63) is 60.2 Å². The highest BCUT2D eigenvalue weighted by Gasteiger charge is 2.25. The van der Waals surface area contributed by atoms with Gasteiger partial charge in [-0.25, -0.2) is 0 Å². The molecule has 1 atom stereocenters. The summed E-state index contributed by atoms with van der Waals surface area (Å²) in [5, 5.41) is 3.12. The predicted molar refractivity (Wildman–Crippen MR) is 134 cm³/mol. The van der Waals surface area contributed by atoms with Gasteiger partial charge in [0.1, 0.15) is 12.4 Å². The SMILES string of the molecule is CC(C)CN(CC(C)(C)NC(=O)CCC(C)C(N)=O)c1ccc(OCc2ccccc2)cc1. The van der Waals surface area contributed by atoms with E-state index in [1.807, 2.05) is 56.3 Å². The highest BCUT2D eigenvalue weighted by Crippen LogP contribution is 2.23. The van der Waals surface area contributed by atoms with Gasteiger partial charge in [0, 0.05) is 31.1 Å². The number of carbonyl (C=O) groups is 2. The lowest BCUT2D eigenvalue weighted by Crippen LogP contribution is -2.52. The van der Waals surface area contributed by atoms with Gasteiger partial charge in [0.15, 0.2) is 0 Å². The van der Waals surface area contributed by atoms with Crippen LogP contribution in [0.2, 0.25) is 0 Å². The zero-order valence-corrected chi connectivity index (χ0v) is 20.6. The average molecular weight is 454 g/mol. The molecule has 0 radical (unpaired) electrons.